The molecule has 0 radical (unpaired) electrons. The van der Waals surface area contributed by atoms with Gasteiger partial charge in [-0.1, -0.05) is 24.3 Å². The number of carbonyl (C=O) groups excluding carboxylic acids is 3. The van der Waals surface area contributed by atoms with E-state index in [-0.39, 0.29) is 22.7 Å². The van der Waals surface area contributed by atoms with Crippen molar-refractivity contribution in [2.45, 2.75) is 29.3 Å². The summed E-state index contributed by atoms with van der Waals surface area (Å²) in [5.74, 6) is -0.990. The fraction of sp³-hybridized carbons (Fsp3) is 0.450. The van der Waals surface area contributed by atoms with E-state index in [1.807, 2.05) is 29.2 Å². The van der Waals surface area contributed by atoms with Crippen LogP contribution in [0.3, 0.4) is 0 Å². The summed E-state index contributed by atoms with van der Waals surface area (Å²) < 4.78 is -0.916. The number of allylic oxidation sites excluding steroid dienone is 2. The molecule has 2 saturated heterocycles. The molecule has 3 heterocycles. The van der Waals surface area contributed by atoms with Gasteiger partial charge in [-0.3, -0.25) is 14.4 Å². The minimum Gasteiger partial charge on any atom is -0.341 e. The van der Waals surface area contributed by atoms with E-state index in [9.17, 15) is 14.4 Å². The van der Waals surface area contributed by atoms with Crippen molar-refractivity contribution in [2.75, 3.05) is 13.1 Å². The molecule has 4 nitrogen and oxygen atoms in total. The van der Waals surface area contributed by atoms with Gasteiger partial charge in [0.25, 0.3) is 0 Å². The lowest BCUT2D eigenvalue weighted by Gasteiger charge is -2.41. The fourth-order valence-electron chi connectivity index (χ4n) is 5.05. The van der Waals surface area contributed by atoms with Crippen LogP contribution in [0.15, 0.2) is 36.4 Å². The van der Waals surface area contributed by atoms with Crippen LogP contribution in [0.1, 0.15) is 35.6 Å². The molecule has 1 aliphatic carbocycles. The standard InChI is InChI=1S/C20H19NO3S/c22-14-8-9-15(23)17-16(14)18-12-6-2-3-7-13(12)20(17,25-18)19(24)21-10-4-1-5-11-21/h2-3,6-9,16-18H,1,4-5,10-11H2/t16-,17+,18+,20-/m1/s1. The molecule has 0 spiro atoms. The number of piperidine rings is 1. The molecule has 1 aromatic carbocycles. The van der Waals surface area contributed by atoms with E-state index >= 15 is 0 Å². The Balaban J connectivity index is 1.69. The van der Waals surface area contributed by atoms with Crippen LogP contribution >= 0.6 is 11.8 Å². The molecule has 0 unspecified atom stereocenters. The number of fused-ring (bicyclic) bond motifs is 8. The molecule has 1 aromatic rings. The Labute approximate surface area is 150 Å². The molecule has 3 aliphatic heterocycles. The van der Waals surface area contributed by atoms with Crippen molar-refractivity contribution in [2.24, 2.45) is 11.8 Å². The summed E-state index contributed by atoms with van der Waals surface area (Å²) in [4.78, 5) is 41.0. The van der Waals surface area contributed by atoms with Crippen LogP contribution < -0.4 is 0 Å². The predicted molar refractivity (Wildman–Crippen MR) is 95.0 cm³/mol. The Morgan fingerprint density at radius 1 is 1.04 bits per heavy atom. The number of thioether (sulfide) groups is 1. The highest BCUT2D eigenvalue weighted by atomic mass is 32.2. The number of hydrogen-bond acceptors (Lipinski definition) is 4. The number of rotatable bonds is 1. The Bertz CT molecular complexity index is 826. The maximum absolute atomic E-state index is 13.7. The first-order valence-corrected chi connectivity index (χ1v) is 9.85. The lowest BCUT2D eigenvalue weighted by molar-refractivity contribution is -0.142. The zero-order valence-electron chi connectivity index (χ0n) is 13.8. The molecule has 2 fully saturated rings. The van der Waals surface area contributed by atoms with Crippen molar-refractivity contribution >= 4 is 29.2 Å². The van der Waals surface area contributed by atoms with Crippen molar-refractivity contribution in [1.29, 1.82) is 0 Å². The van der Waals surface area contributed by atoms with Gasteiger partial charge < -0.3 is 4.90 Å². The van der Waals surface area contributed by atoms with E-state index < -0.39 is 16.6 Å². The molecule has 1 amide bonds. The van der Waals surface area contributed by atoms with Crippen molar-refractivity contribution in [3.05, 3.63) is 47.5 Å². The van der Waals surface area contributed by atoms with Crippen LogP contribution in [-0.4, -0.2) is 35.5 Å². The first-order chi connectivity index (χ1) is 12.1. The molecule has 5 heteroatoms. The Morgan fingerprint density at radius 3 is 2.56 bits per heavy atom. The average Bonchev–Trinajstić information content (AvgIpc) is 3.19. The number of likely N-dealkylation sites (tertiary alicyclic amines) is 1. The third kappa shape index (κ3) is 1.87. The second-order valence-electron chi connectivity index (χ2n) is 7.36. The van der Waals surface area contributed by atoms with Crippen molar-refractivity contribution < 1.29 is 14.4 Å². The molecule has 0 aromatic heterocycles. The van der Waals surface area contributed by atoms with E-state index in [0.717, 1.165) is 43.5 Å². The minimum atomic E-state index is -0.916. The van der Waals surface area contributed by atoms with Crippen LogP contribution in [-0.2, 0) is 19.1 Å². The van der Waals surface area contributed by atoms with Crippen molar-refractivity contribution in [1.82, 2.24) is 4.90 Å². The lowest BCUT2D eigenvalue weighted by Crippen LogP contribution is -2.53. The van der Waals surface area contributed by atoms with Crippen molar-refractivity contribution in [3.8, 4) is 0 Å². The smallest absolute Gasteiger partial charge is 0.244 e. The molecule has 4 atom stereocenters. The zero-order valence-corrected chi connectivity index (χ0v) is 14.6. The highest BCUT2D eigenvalue weighted by molar-refractivity contribution is 8.02. The molecule has 25 heavy (non-hydrogen) atoms. The summed E-state index contributed by atoms with van der Waals surface area (Å²) in [6, 6.07) is 7.89. The second-order valence-corrected chi connectivity index (χ2v) is 8.74. The van der Waals surface area contributed by atoms with Gasteiger partial charge in [0, 0.05) is 18.3 Å². The van der Waals surface area contributed by atoms with E-state index in [0.29, 0.717) is 0 Å². The third-order valence-corrected chi connectivity index (χ3v) is 7.93. The van der Waals surface area contributed by atoms with E-state index in [2.05, 4.69) is 0 Å². The maximum atomic E-state index is 13.7. The third-order valence-electron chi connectivity index (χ3n) is 6.11. The largest absolute Gasteiger partial charge is 0.341 e. The van der Waals surface area contributed by atoms with Gasteiger partial charge in [-0.15, -0.1) is 11.8 Å². The van der Waals surface area contributed by atoms with Gasteiger partial charge in [0.1, 0.15) is 4.75 Å². The summed E-state index contributed by atoms with van der Waals surface area (Å²) in [6.07, 6.45) is 5.97. The van der Waals surface area contributed by atoms with E-state index in [1.54, 1.807) is 11.8 Å². The first-order valence-electron chi connectivity index (χ1n) is 8.97. The number of carbonyl (C=O) groups is 3. The highest BCUT2D eigenvalue weighted by Crippen LogP contribution is 2.71. The molecular weight excluding hydrogens is 334 g/mol. The van der Waals surface area contributed by atoms with Gasteiger partial charge in [0.15, 0.2) is 11.6 Å². The number of hydrogen-bond donors (Lipinski definition) is 0. The minimum absolute atomic E-state index is 0.00933. The van der Waals surface area contributed by atoms with Crippen LogP contribution in [0, 0.1) is 11.8 Å². The maximum Gasteiger partial charge on any atom is 0.244 e. The topological polar surface area (TPSA) is 54.5 Å². The van der Waals surface area contributed by atoms with Gasteiger partial charge in [0.05, 0.1) is 11.8 Å². The van der Waals surface area contributed by atoms with Gasteiger partial charge in [-0.25, -0.2) is 0 Å². The molecule has 4 aliphatic rings. The van der Waals surface area contributed by atoms with Crippen LogP contribution in [0.25, 0.3) is 0 Å². The fourth-order valence-corrected chi connectivity index (χ4v) is 7.17. The summed E-state index contributed by atoms with van der Waals surface area (Å²) in [5, 5.41) is -0.0867. The SMILES string of the molecule is O=C1C=CC(=O)[C@H]2[C@@H]1[C@H]1S[C@]2(C(=O)N2CCCCC2)c2ccccc21. The predicted octanol–water partition coefficient (Wildman–Crippen LogP) is 2.64. The molecule has 0 N–H and O–H groups in total. The summed E-state index contributed by atoms with van der Waals surface area (Å²) in [7, 11) is 0. The summed E-state index contributed by atoms with van der Waals surface area (Å²) in [5.41, 5.74) is 2.02. The number of nitrogens with zero attached hydrogens (tertiary/aromatic N) is 1. The molecule has 2 bridgehead atoms. The lowest BCUT2D eigenvalue weighted by atomic mass is 9.63. The van der Waals surface area contributed by atoms with Crippen LogP contribution in [0.5, 0.6) is 0 Å². The Hall–Kier alpha value is -1.88. The van der Waals surface area contributed by atoms with Gasteiger partial charge in [-0.2, -0.15) is 0 Å². The summed E-state index contributed by atoms with van der Waals surface area (Å²) in [6.45, 7) is 1.51. The highest BCUT2D eigenvalue weighted by Gasteiger charge is 2.69. The van der Waals surface area contributed by atoms with Gasteiger partial charge in [-0.05, 0) is 42.5 Å². The molecule has 0 saturated carbocycles. The van der Waals surface area contributed by atoms with Gasteiger partial charge in [0.2, 0.25) is 5.91 Å². The number of benzene rings is 1. The van der Waals surface area contributed by atoms with Crippen LogP contribution in [0.4, 0.5) is 0 Å². The van der Waals surface area contributed by atoms with Crippen LogP contribution in [0.2, 0.25) is 0 Å². The molecule has 5 rings (SSSR count). The monoisotopic (exact) mass is 353 g/mol. The quantitative estimate of drug-likeness (QED) is 0.779. The average molecular weight is 353 g/mol. The van der Waals surface area contributed by atoms with E-state index in [4.69, 9.17) is 0 Å². The second kappa shape index (κ2) is 5.31. The zero-order chi connectivity index (χ0) is 17.2. The number of ketones is 2. The van der Waals surface area contributed by atoms with Gasteiger partial charge >= 0.3 is 0 Å². The summed E-state index contributed by atoms with van der Waals surface area (Å²) >= 11 is 1.55. The first kappa shape index (κ1) is 15.4. The molecular formula is C20H19NO3S. The molecule has 128 valence electrons. The van der Waals surface area contributed by atoms with E-state index in [1.165, 1.54) is 12.2 Å². The Kier molecular flexibility index (Phi) is 3.26. The normalized spacial score (nSPS) is 35.7. The number of amides is 1. The Morgan fingerprint density at radius 2 is 1.76 bits per heavy atom. The van der Waals surface area contributed by atoms with Crippen molar-refractivity contribution in [3.63, 3.8) is 0 Å².